The van der Waals surface area contributed by atoms with Crippen LogP contribution in [0.3, 0.4) is 0 Å². The Labute approximate surface area is 82.9 Å². The van der Waals surface area contributed by atoms with Gasteiger partial charge < -0.3 is 5.32 Å². The zero-order valence-corrected chi connectivity index (χ0v) is 9.59. The average Bonchev–Trinajstić information content (AvgIpc) is 2.11. The van der Waals surface area contributed by atoms with Gasteiger partial charge in [-0.2, -0.15) is 0 Å². The quantitative estimate of drug-likeness (QED) is 0.642. The van der Waals surface area contributed by atoms with Gasteiger partial charge in [-0.25, -0.2) is 0 Å². The lowest BCUT2D eigenvalue weighted by molar-refractivity contribution is 0.470. The maximum atomic E-state index is 3.36. The standard InChI is InChI=1S/C12H23N/c1-6-8-9-11(7-2)12(13-5)10(3)4/h6,8-10,12-13H,7H2,1-5H3/b8-6-,11-9-. The van der Waals surface area contributed by atoms with Crippen molar-refractivity contribution in [3.63, 3.8) is 0 Å². The van der Waals surface area contributed by atoms with Crippen molar-refractivity contribution in [2.75, 3.05) is 7.05 Å². The SMILES string of the molecule is C/C=C\C=C(\CC)C(NC)C(C)C. The Morgan fingerprint density at radius 2 is 2.00 bits per heavy atom. The molecule has 1 unspecified atom stereocenters. The molecule has 0 amide bonds. The lowest BCUT2D eigenvalue weighted by Gasteiger charge is -2.22. The van der Waals surface area contributed by atoms with Gasteiger partial charge in [-0.05, 0) is 26.3 Å². The van der Waals surface area contributed by atoms with Crippen molar-refractivity contribution in [3.05, 3.63) is 23.8 Å². The van der Waals surface area contributed by atoms with E-state index in [2.05, 4.69) is 44.3 Å². The molecule has 0 aliphatic carbocycles. The molecule has 0 radical (unpaired) electrons. The van der Waals surface area contributed by atoms with E-state index in [1.54, 1.807) is 0 Å². The molecular weight excluding hydrogens is 158 g/mol. The van der Waals surface area contributed by atoms with Gasteiger partial charge in [0.2, 0.25) is 0 Å². The molecule has 0 aromatic heterocycles. The monoisotopic (exact) mass is 181 g/mol. The molecule has 0 fully saturated rings. The predicted octanol–water partition coefficient (Wildman–Crippen LogP) is 3.14. The normalized spacial score (nSPS) is 15.7. The van der Waals surface area contributed by atoms with E-state index in [1.807, 2.05) is 14.0 Å². The lowest BCUT2D eigenvalue weighted by Crippen LogP contribution is -2.32. The second-order valence-corrected chi connectivity index (χ2v) is 3.63. The van der Waals surface area contributed by atoms with Crippen LogP contribution in [-0.2, 0) is 0 Å². The van der Waals surface area contributed by atoms with Gasteiger partial charge in [-0.1, -0.05) is 44.6 Å². The Hall–Kier alpha value is -0.560. The highest BCUT2D eigenvalue weighted by Crippen LogP contribution is 2.15. The summed E-state index contributed by atoms with van der Waals surface area (Å²) in [6, 6.07) is 0.515. The molecule has 0 heterocycles. The summed E-state index contributed by atoms with van der Waals surface area (Å²) in [5, 5.41) is 3.36. The summed E-state index contributed by atoms with van der Waals surface area (Å²) in [6.07, 6.45) is 7.53. The number of allylic oxidation sites excluding steroid dienone is 3. The number of rotatable bonds is 5. The molecule has 0 spiro atoms. The molecule has 0 aliphatic rings. The van der Waals surface area contributed by atoms with Gasteiger partial charge in [0.15, 0.2) is 0 Å². The fourth-order valence-electron chi connectivity index (χ4n) is 1.61. The molecule has 0 aromatic carbocycles. The van der Waals surface area contributed by atoms with Crippen LogP contribution in [0.4, 0.5) is 0 Å². The summed E-state index contributed by atoms with van der Waals surface area (Å²) in [4.78, 5) is 0. The van der Waals surface area contributed by atoms with Crippen molar-refractivity contribution in [1.29, 1.82) is 0 Å². The maximum absolute atomic E-state index is 3.36. The lowest BCUT2D eigenvalue weighted by atomic mass is 9.94. The van der Waals surface area contributed by atoms with E-state index in [9.17, 15) is 0 Å². The van der Waals surface area contributed by atoms with Crippen molar-refractivity contribution in [3.8, 4) is 0 Å². The van der Waals surface area contributed by atoms with Crippen molar-refractivity contribution >= 4 is 0 Å². The highest BCUT2D eigenvalue weighted by Gasteiger charge is 2.13. The van der Waals surface area contributed by atoms with E-state index in [0.717, 1.165) is 6.42 Å². The molecule has 1 atom stereocenters. The fourth-order valence-corrected chi connectivity index (χ4v) is 1.61. The van der Waals surface area contributed by atoms with Crippen LogP contribution < -0.4 is 5.32 Å². The van der Waals surface area contributed by atoms with Crippen LogP contribution in [-0.4, -0.2) is 13.1 Å². The first kappa shape index (κ1) is 12.4. The Bertz CT molecular complexity index is 178. The highest BCUT2D eigenvalue weighted by atomic mass is 14.9. The zero-order valence-electron chi connectivity index (χ0n) is 9.59. The Morgan fingerprint density at radius 1 is 1.38 bits per heavy atom. The molecule has 1 N–H and O–H groups in total. The third kappa shape index (κ3) is 4.28. The molecule has 13 heavy (non-hydrogen) atoms. The maximum Gasteiger partial charge on any atom is 0.0302 e. The van der Waals surface area contributed by atoms with Crippen LogP contribution in [0.5, 0.6) is 0 Å². The minimum absolute atomic E-state index is 0.515. The van der Waals surface area contributed by atoms with E-state index in [4.69, 9.17) is 0 Å². The first-order chi connectivity index (χ1) is 6.17. The largest absolute Gasteiger partial charge is 0.313 e. The molecule has 0 saturated carbocycles. The molecule has 0 aromatic rings. The molecule has 0 rings (SSSR count). The summed E-state index contributed by atoms with van der Waals surface area (Å²) in [5.41, 5.74) is 1.48. The Balaban J connectivity index is 4.51. The minimum Gasteiger partial charge on any atom is -0.313 e. The fraction of sp³-hybridized carbons (Fsp3) is 0.667. The topological polar surface area (TPSA) is 12.0 Å². The van der Waals surface area contributed by atoms with Crippen molar-refractivity contribution in [1.82, 2.24) is 5.32 Å². The molecule has 76 valence electrons. The third-order valence-corrected chi connectivity index (χ3v) is 2.29. The summed E-state index contributed by atoms with van der Waals surface area (Å²) in [7, 11) is 2.03. The molecule has 1 nitrogen and oxygen atoms in total. The van der Waals surface area contributed by atoms with Gasteiger partial charge in [0.05, 0.1) is 0 Å². The Morgan fingerprint density at radius 3 is 2.31 bits per heavy atom. The average molecular weight is 181 g/mol. The smallest absolute Gasteiger partial charge is 0.0302 e. The number of hydrogen-bond acceptors (Lipinski definition) is 1. The molecular formula is C12H23N. The molecule has 0 saturated heterocycles. The van der Waals surface area contributed by atoms with Gasteiger partial charge >= 0.3 is 0 Å². The highest BCUT2D eigenvalue weighted by molar-refractivity contribution is 5.18. The van der Waals surface area contributed by atoms with Gasteiger partial charge in [0.1, 0.15) is 0 Å². The van der Waals surface area contributed by atoms with Crippen molar-refractivity contribution in [2.45, 2.75) is 40.2 Å². The van der Waals surface area contributed by atoms with Gasteiger partial charge in [-0.15, -0.1) is 0 Å². The predicted molar refractivity (Wildman–Crippen MR) is 60.9 cm³/mol. The molecule has 0 aliphatic heterocycles. The zero-order chi connectivity index (χ0) is 10.3. The van der Waals surface area contributed by atoms with E-state index in [1.165, 1.54) is 5.57 Å². The van der Waals surface area contributed by atoms with Crippen LogP contribution in [0.2, 0.25) is 0 Å². The number of hydrogen-bond donors (Lipinski definition) is 1. The van der Waals surface area contributed by atoms with Crippen LogP contribution >= 0.6 is 0 Å². The van der Waals surface area contributed by atoms with E-state index in [-0.39, 0.29) is 0 Å². The molecule has 1 heteroatoms. The summed E-state index contributed by atoms with van der Waals surface area (Å²) in [5.74, 6) is 0.654. The summed E-state index contributed by atoms with van der Waals surface area (Å²) >= 11 is 0. The van der Waals surface area contributed by atoms with Crippen molar-refractivity contribution < 1.29 is 0 Å². The van der Waals surface area contributed by atoms with E-state index in [0.29, 0.717) is 12.0 Å². The summed E-state index contributed by atoms with van der Waals surface area (Å²) in [6.45, 7) is 8.76. The van der Waals surface area contributed by atoms with Gasteiger partial charge in [0, 0.05) is 6.04 Å². The second-order valence-electron chi connectivity index (χ2n) is 3.63. The second kappa shape index (κ2) is 6.90. The minimum atomic E-state index is 0.515. The van der Waals surface area contributed by atoms with E-state index >= 15 is 0 Å². The van der Waals surface area contributed by atoms with E-state index < -0.39 is 0 Å². The number of nitrogens with one attached hydrogen (secondary N) is 1. The van der Waals surface area contributed by atoms with Crippen LogP contribution in [0.1, 0.15) is 34.1 Å². The van der Waals surface area contributed by atoms with Crippen molar-refractivity contribution in [2.24, 2.45) is 5.92 Å². The van der Waals surface area contributed by atoms with Gasteiger partial charge in [-0.3, -0.25) is 0 Å². The number of likely N-dealkylation sites (N-methyl/N-ethyl adjacent to an activating group) is 1. The Kier molecular flexibility index (Phi) is 6.61. The first-order valence-corrected chi connectivity index (χ1v) is 5.16. The first-order valence-electron chi connectivity index (χ1n) is 5.16. The van der Waals surface area contributed by atoms with Gasteiger partial charge in [0.25, 0.3) is 0 Å². The molecule has 0 bridgehead atoms. The van der Waals surface area contributed by atoms with Crippen LogP contribution in [0, 0.1) is 5.92 Å². The van der Waals surface area contributed by atoms with Crippen LogP contribution in [0.25, 0.3) is 0 Å². The van der Waals surface area contributed by atoms with Crippen LogP contribution in [0.15, 0.2) is 23.8 Å². The third-order valence-electron chi connectivity index (χ3n) is 2.29. The summed E-state index contributed by atoms with van der Waals surface area (Å²) < 4.78 is 0.